The normalized spacial score (nSPS) is 10.5. The number of nitrogens with zero attached hydrogens (tertiary/aromatic N) is 2. The number of aromatic nitrogens is 2. The molecule has 154 valence electrons. The molecule has 0 bridgehead atoms. The number of nitrogens with one attached hydrogen (secondary N) is 2. The van der Waals surface area contributed by atoms with Crippen LogP contribution in [0.1, 0.15) is 27.0 Å². The lowest BCUT2D eigenvalue weighted by molar-refractivity contribution is 0.102. The minimum absolute atomic E-state index is 0.157. The lowest BCUT2D eigenvalue weighted by Gasteiger charge is -2.10. The van der Waals surface area contributed by atoms with Crippen LogP contribution in [-0.4, -0.2) is 15.9 Å². The molecule has 4 aromatic rings. The van der Waals surface area contributed by atoms with Gasteiger partial charge >= 0.3 is 0 Å². The number of carbonyl (C=O) groups excluding carboxylic acids is 1. The molecule has 4 rings (SSSR count). The zero-order chi connectivity index (χ0) is 21.8. The molecule has 5 heteroatoms. The summed E-state index contributed by atoms with van der Waals surface area (Å²) in [4.78, 5) is 21.4. The standard InChI is InChI=1S/C26H24N4O/c1-17-7-10-20(11-8-17)24-15-25(28-16-27-24)29-22-6-4-5-21(14-22)26(31)30-23-12-9-18(2)19(3)13-23/h4-16H,1-3H3,(H,30,31)(H,27,28,29). The molecule has 0 spiro atoms. The van der Waals surface area contributed by atoms with E-state index in [1.54, 1.807) is 6.07 Å². The third-order valence-corrected chi connectivity index (χ3v) is 5.18. The van der Waals surface area contributed by atoms with Gasteiger partial charge in [-0.3, -0.25) is 4.79 Å². The van der Waals surface area contributed by atoms with E-state index in [9.17, 15) is 4.79 Å². The fourth-order valence-electron chi connectivity index (χ4n) is 3.22. The Balaban J connectivity index is 1.51. The Morgan fingerprint density at radius 2 is 1.58 bits per heavy atom. The SMILES string of the molecule is Cc1ccc(-c2cc(Nc3cccc(C(=O)Nc4ccc(C)c(C)c4)c3)ncn2)cc1. The maximum Gasteiger partial charge on any atom is 0.255 e. The Morgan fingerprint density at radius 1 is 0.774 bits per heavy atom. The molecule has 0 aliphatic rings. The molecule has 0 saturated heterocycles. The van der Waals surface area contributed by atoms with E-state index in [1.165, 1.54) is 17.5 Å². The number of rotatable bonds is 5. The van der Waals surface area contributed by atoms with Crippen LogP contribution in [0.5, 0.6) is 0 Å². The van der Waals surface area contributed by atoms with Crippen LogP contribution in [0.4, 0.5) is 17.2 Å². The summed E-state index contributed by atoms with van der Waals surface area (Å²) in [6, 6.07) is 23.3. The van der Waals surface area contributed by atoms with Gasteiger partial charge in [0.05, 0.1) is 5.69 Å². The highest BCUT2D eigenvalue weighted by atomic mass is 16.1. The van der Waals surface area contributed by atoms with Crippen LogP contribution in [0.2, 0.25) is 0 Å². The van der Waals surface area contributed by atoms with Gasteiger partial charge in [0.25, 0.3) is 5.91 Å². The number of amides is 1. The molecule has 0 radical (unpaired) electrons. The number of benzene rings is 3. The third-order valence-electron chi connectivity index (χ3n) is 5.18. The van der Waals surface area contributed by atoms with E-state index in [4.69, 9.17) is 0 Å². The Labute approximate surface area is 182 Å². The van der Waals surface area contributed by atoms with Crippen molar-refractivity contribution in [3.63, 3.8) is 0 Å². The molecule has 31 heavy (non-hydrogen) atoms. The van der Waals surface area contributed by atoms with Crippen LogP contribution < -0.4 is 10.6 Å². The first-order valence-corrected chi connectivity index (χ1v) is 10.1. The number of hydrogen-bond donors (Lipinski definition) is 2. The van der Waals surface area contributed by atoms with Crippen LogP contribution in [-0.2, 0) is 0 Å². The molecule has 0 aliphatic heterocycles. The Bertz CT molecular complexity index is 1230. The summed E-state index contributed by atoms with van der Waals surface area (Å²) in [5, 5.41) is 6.23. The van der Waals surface area contributed by atoms with E-state index in [2.05, 4.69) is 39.7 Å². The maximum absolute atomic E-state index is 12.7. The first-order valence-electron chi connectivity index (χ1n) is 10.1. The molecule has 0 saturated carbocycles. The summed E-state index contributed by atoms with van der Waals surface area (Å²) in [6.07, 6.45) is 1.54. The summed E-state index contributed by atoms with van der Waals surface area (Å²) < 4.78 is 0. The quantitative estimate of drug-likeness (QED) is 0.421. The maximum atomic E-state index is 12.7. The van der Waals surface area contributed by atoms with Crippen LogP contribution in [0, 0.1) is 20.8 Å². The fraction of sp³-hybridized carbons (Fsp3) is 0.115. The fourth-order valence-corrected chi connectivity index (χ4v) is 3.22. The summed E-state index contributed by atoms with van der Waals surface area (Å²) in [6.45, 7) is 6.13. The van der Waals surface area contributed by atoms with Gasteiger partial charge in [-0.25, -0.2) is 9.97 Å². The zero-order valence-corrected chi connectivity index (χ0v) is 17.8. The van der Waals surface area contributed by atoms with Crippen molar-refractivity contribution in [1.29, 1.82) is 0 Å². The van der Waals surface area contributed by atoms with Gasteiger partial charge in [-0.05, 0) is 62.2 Å². The number of carbonyl (C=O) groups is 1. The minimum atomic E-state index is -0.157. The van der Waals surface area contributed by atoms with Crippen molar-refractivity contribution >= 4 is 23.1 Å². The second kappa shape index (κ2) is 8.79. The van der Waals surface area contributed by atoms with Gasteiger partial charge < -0.3 is 10.6 Å². The average Bonchev–Trinajstić information content (AvgIpc) is 2.77. The van der Waals surface area contributed by atoms with Crippen LogP contribution in [0.15, 0.2) is 79.1 Å². The smallest absolute Gasteiger partial charge is 0.255 e. The predicted molar refractivity (Wildman–Crippen MR) is 126 cm³/mol. The van der Waals surface area contributed by atoms with Crippen LogP contribution in [0.3, 0.4) is 0 Å². The molecule has 1 heterocycles. The molecule has 0 aliphatic carbocycles. The molecule has 5 nitrogen and oxygen atoms in total. The Morgan fingerprint density at radius 3 is 2.35 bits per heavy atom. The van der Waals surface area contributed by atoms with E-state index >= 15 is 0 Å². The lowest BCUT2D eigenvalue weighted by Crippen LogP contribution is -2.12. The average molecular weight is 409 g/mol. The lowest BCUT2D eigenvalue weighted by atomic mass is 10.1. The molecule has 0 fully saturated rings. The summed E-state index contributed by atoms with van der Waals surface area (Å²) in [7, 11) is 0. The second-order valence-electron chi connectivity index (χ2n) is 7.61. The summed E-state index contributed by atoms with van der Waals surface area (Å²) >= 11 is 0. The minimum Gasteiger partial charge on any atom is -0.340 e. The first kappa shape index (κ1) is 20.3. The van der Waals surface area contributed by atoms with Crippen molar-refractivity contribution in [3.8, 4) is 11.3 Å². The zero-order valence-electron chi connectivity index (χ0n) is 17.8. The van der Waals surface area contributed by atoms with Gasteiger partial charge in [0, 0.05) is 28.6 Å². The highest BCUT2D eigenvalue weighted by Crippen LogP contribution is 2.22. The number of hydrogen-bond acceptors (Lipinski definition) is 4. The van der Waals surface area contributed by atoms with E-state index in [-0.39, 0.29) is 5.91 Å². The Kier molecular flexibility index (Phi) is 5.76. The molecule has 3 aromatic carbocycles. The van der Waals surface area contributed by atoms with Crippen molar-refractivity contribution in [2.24, 2.45) is 0 Å². The van der Waals surface area contributed by atoms with E-state index in [0.717, 1.165) is 28.2 Å². The van der Waals surface area contributed by atoms with E-state index in [0.29, 0.717) is 11.4 Å². The van der Waals surface area contributed by atoms with Gasteiger partial charge in [0.2, 0.25) is 0 Å². The Hall–Kier alpha value is -3.99. The van der Waals surface area contributed by atoms with Gasteiger partial charge in [0.15, 0.2) is 0 Å². The largest absolute Gasteiger partial charge is 0.340 e. The molecule has 2 N–H and O–H groups in total. The van der Waals surface area contributed by atoms with Crippen LogP contribution in [0.25, 0.3) is 11.3 Å². The van der Waals surface area contributed by atoms with Gasteiger partial charge in [-0.15, -0.1) is 0 Å². The van der Waals surface area contributed by atoms with Gasteiger partial charge in [-0.2, -0.15) is 0 Å². The van der Waals surface area contributed by atoms with Crippen molar-refractivity contribution in [2.75, 3.05) is 10.6 Å². The van der Waals surface area contributed by atoms with Crippen molar-refractivity contribution in [3.05, 3.63) is 101 Å². The first-order chi connectivity index (χ1) is 15.0. The molecule has 1 amide bonds. The van der Waals surface area contributed by atoms with Crippen molar-refractivity contribution < 1.29 is 4.79 Å². The molecular weight excluding hydrogens is 384 g/mol. The highest BCUT2D eigenvalue weighted by molar-refractivity contribution is 6.04. The van der Waals surface area contributed by atoms with Crippen molar-refractivity contribution in [1.82, 2.24) is 9.97 Å². The number of aryl methyl sites for hydroxylation is 3. The molecule has 0 unspecified atom stereocenters. The summed E-state index contributed by atoms with van der Waals surface area (Å²) in [5.74, 6) is 0.507. The summed E-state index contributed by atoms with van der Waals surface area (Å²) in [5.41, 5.74) is 7.52. The van der Waals surface area contributed by atoms with Gasteiger partial charge in [-0.1, -0.05) is 42.0 Å². The number of anilines is 3. The van der Waals surface area contributed by atoms with E-state index < -0.39 is 0 Å². The highest BCUT2D eigenvalue weighted by Gasteiger charge is 2.09. The molecular formula is C26H24N4O. The van der Waals surface area contributed by atoms with Gasteiger partial charge in [0.1, 0.15) is 12.1 Å². The third kappa shape index (κ3) is 4.95. The predicted octanol–water partition coefficient (Wildman–Crippen LogP) is 6.06. The molecule has 0 atom stereocenters. The molecule has 1 aromatic heterocycles. The topological polar surface area (TPSA) is 66.9 Å². The van der Waals surface area contributed by atoms with Crippen molar-refractivity contribution in [2.45, 2.75) is 20.8 Å². The monoisotopic (exact) mass is 408 g/mol. The van der Waals surface area contributed by atoms with Crippen LogP contribution >= 0.6 is 0 Å². The van der Waals surface area contributed by atoms with E-state index in [1.807, 2.05) is 68.4 Å². The second-order valence-corrected chi connectivity index (χ2v) is 7.61.